The number of aromatic hydroxyl groups is 1. The number of aryl methyl sites for hydroxylation is 1. The van der Waals surface area contributed by atoms with Gasteiger partial charge in [-0.15, -0.1) is 0 Å². The van der Waals surface area contributed by atoms with E-state index in [1.54, 1.807) is 0 Å². The molecule has 0 amide bonds. The van der Waals surface area contributed by atoms with Crippen LogP contribution in [0.25, 0.3) is 0 Å². The van der Waals surface area contributed by atoms with Gasteiger partial charge < -0.3 is 14.8 Å². The molecule has 2 rings (SSSR count). The highest BCUT2D eigenvalue weighted by molar-refractivity contribution is 5.29. The number of aliphatic hydroxyl groups is 1. The molecule has 1 aliphatic heterocycles. The van der Waals surface area contributed by atoms with Crippen molar-refractivity contribution in [3.05, 3.63) is 27.7 Å². The SMILES string of the molecule is Cc1cc(=O)c(O)c(CN2CCCCC2CCO)n1C. The van der Waals surface area contributed by atoms with Gasteiger partial charge in [0.2, 0.25) is 5.43 Å². The summed E-state index contributed by atoms with van der Waals surface area (Å²) in [6.45, 7) is 3.56. The Hall–Kier alpha value is -1.33. The van der Waals surface area contributed by atoms with E-state index in [-0.39, 0.29) is 17.8 Å². The molecule has 1 atom stereocenters. The quantitative estimate of drug-likeness (QED) is 0.868. The van der Waals surface area contributed by atoms with Gasteiger partial charge in [0, 0.05) is 38.0 Å². The number of nitrogens with zero attached hydrogens (tertiary/aromatic N) is 2. The van der Waals surface area contributed by atoms with Gasteiger partial charge in [-0.05, 0) is 32.7 Å². The second-order valence-electron chi connectivity index (χ2n) is 5.64. The van der Waals surface area contributed by atoms with Gasteiger partial charge in [-0.3, -0.25) is 9.69 Å². The van der Waals surface area contributed by atoms with Crippen molar-refractivity contribution in [1.82, 2.24) is 9.47 Å². The molecule has 20 heavy (non-hydrogen) atoms. The number of likely N-dealkylation sites (tertiary alicyclic amines) is 1. The highest BCUT2D eigenvalue weighted by Crippen LogP contribution is 2.24. The van der Waals surface area contributed by atoms with E-state index in [4.69, 9.17) is 5.11 Å². The third-order valence-corrected chi connectivity index (χ3v) is 4.34. The van der Waals surface area contributed by atoms with E-state index in [2.05, 4.69) is 4.90 Å². The zero-order chi connectivity index (χ0) is 14.7. The monoisotopic (exact) mass is 280 g/mol. The minimum absolute atomic E-state index is 0.147. The number of pyridine rings is 1. The molecule has 5 heteroatoms. The fourth-order valence-corrected chi connectivity index (χ4v) is 2.99. The van der Waals surface area contributed by atoms with Crippen LogP contribution in [0.3, 0.4) is 0 Å². The summed E-state index contributed by atoms with van der Waals surface area (Å²) in [5, 5.41) is 19.2. The molecule has 1 aliphatic rings. The third-order valence-electron chi connectivity index (χ3n) is 4.34. The highest BCUT2D eigenvalue weighted by Gasteiger charge is 2.24. The van der Waals surface area contributed by atoms with Crippen molar-refractivity contribution in [2.24, 2.45) is 7.05 Å². The van der Waals surface area contributed by atoms with Gasteiger partial charge in [0.15, 0.2) is 5.75 Å². The molecule has 1 aromatic rings. The number of aliphatic hydroxyl groups excluding tert-OH is 1. The normalized spacial score (nSPS) is 20.2. The fraction of sp³-hybridized carbons (Fsp3) is 0.667. The molecule has 0 spiro atoms. The Morgan fingerprint density at radius 3 is 2.85 bits per heavy atom. The Morgan fingerprint density at radius 1 is 1.40 bits per heavy atom. The van der Waals surface area contributed by atoms with Crippen LogP contribution in [0.2, 0.25) is 0 Å². The third kappa shape index (κ3) is 3.04. The van der Waals surface area contributed by atoms with Gasteiger partial charge in [-0.2, -0.15) is 0 Å². The molecule has 112 valence electrons. The summed E-state index contributed by atoms with van der Waals surface area (Å²) in [5.74, 6) is -0.147. The van der Waals surface area contributed by atoms with Gasteiger partial charge in [-0.25, -0.2) is 0 Å². The molecule has 2 heterocycles. The molecule has 2 N–H and O–H groups in total. The first kappa shape index (κ1) is 15.1. The van der Waals surface area contributed by atoms with Crippen LogP contribution in [-0.4, -0.2) is 38.9 Å². The molecule has 1 saturated heterocycles. The zero-order valence-electron chi connectivity index (χ0n) is 12.3. The van der Waals surface area contributed by atoms with Crippen LogP contribution in [0.5, 0.6) is 5.75 Å². The van der Waals surface area contributed by atoms with Gasteiger partial charge in [0.25, 0.3) is 0 Å². The first-order valence-corrected chi connectivity index (χ1v) is 7.28. The van der Waals surface area contributed by atoms with Crippen molar-refractivity contribution in [1.29, 1.82) is 0 Å². The number of hydrogen-bond donors (Lipinski definition) is 2. The molecule has 5 nitrogen and oxygen atoms in total. The highest BCUT2D eigenvalue weighted by atomic mass is 16.3. The summed E-state index contributed by atoms with van der Waals surface area (Å²) in [7, 11) is 1.87. The predicted octanol–water partition coefficient (Wildman–Crippen LogP) is 1.14. The average molecular weight is 280 g/mol. The standard InChI is InChI=1S/C15H24N2O3/c1-11-9-14(19)15(20)13(16(11)2)10-17-7-4-3-5-12(17)6-8-18/h9,12,18,20H,3-8,10H2,1-2H3. The fourth-order valence-electron chi connectivity index (χ4n) is 2.99. The number of rotatable bonds is 4. The molecule has 1 aromatic heterocycles. The van der Waals surface area contributed by atoms with E-state index in [0.717, 1.165) is 31.5 Å². The van der Waals surface area contributed by atoms with Crippen molar-refractivity contribution < 1.29 is 10.2 Å². The molecule has 0 radical (unpaired) electrons. The topological polar surface area (TPSA) is 65.7 Å². The van der Waals surface area contributed by atoms with Crippen LogP contribution >= 0.6 is 0 Å². The van der Waals surface area contributed by atoms with Crippen LogP contribution in [0.1, 0.15) is 37.1 Å². The average Bonchev–Trinajstić information content (AvgIpc) is 2.43. The van der Waals surface area contributed by atoms with Crippen LogP contribution in [0.15, 0.2) is 10.9 Å². The minimum Gasteiger partial charge on any atom is -0.503 e. The first-order valence-electron chi connectivity index (χ1n) is 7.28. The Balaban J connectivity index is 2.26. The van der Waals surface area contributed by atoms with Gasteiger partial charge >= 0.3 is 0 Å². The lowest BCUT2D eigenvalue weighted by atomic mass is 9.99. The summed E-state index contributed by atoms with van der Waals surface area (Å²) < 4.78 is 1.88. The largest absolute Gasteiger partial charge is 0.503 e. The van der Waals surface area contributed by atoms with E-state index >= 15 is 0 Å². The second-order valence-corrected chi connectivity index (χ2v) is 5.64. The molecule has 1 unspecified atom stereocenters. The van der Waals surface area contributed by atoms with Crippen molar-refractivity contribution in [3.63, 3.8) is 0 Å². The van der Waals surface area contributed by atoms with Gasteiger partial charge in [0.05, 0.1) is 5.69 Å². The van der Waals surface area contributed by atoms with Gasteiger partial charge in [-0.1, -0.05) is 6.42 Å². The van der Waals surface area contributed by atoms with Gasteiger partial charge in [0.1, 0.15) is 0 Å². The smallest absolute Gasteiger partial charge is 0.223 e. The Kier molecular flexibility index (Phi) is 4.83. The number of piperidine rings is 1. The lowest BCUT2D eigenvalue weighted by Gasteiger charge is -2.36. The lowest BCUT2D eigenvalue weighted by Crippen LogP contribution is -2.40. The van der Waals surface area contributed by atoms with E-state index in [1.807, 2.05) is 18.5 Å². The van der Waals surface area contributed by atoms with Crippen molar-refractivity contribution in [3.8, 4) is 5.75 Å². The van der Waals surface area contributed by atoms with E-state index in [9.17, 15) is 9.90 Å². The maximum Gasteiger partial charge on any atom is 0.223 e. The molecular weight excluding hydrogens is 256 g/mol. The van der Waals surface area contributed by atoms with Crippen LogP contribution in [-0.2, 0) is 13.6 Å². The summed E-state index contributed by atoms with van der Waals surface area (Å²) in [4.78, 5) is 14.0. The minimum atomic E-state index is -0.314. The van der Waals surface area contributed by atoms with Crippen LogP contribution < -0.4 is 5.43 Å². The molecule has 0 aliphatic carbocycles. The predicted molar refractivity (Wildman–Crippen MR) is 77.8 cm³/mol. The van der Waals surface area contributed by atoms with Crippen molar-refractivity contribution in [2.45, 2.75) is 45.2 Å². The Bertz CT molecular complexity index is 523. The summed E-state index contributed by atoms with van der Waals surface area (Å²) in [6, 6.07) is 1.80. The second kappa shape index (κ2) is 6.41. The molecule has 0 saturated carbocycles. The van der Waals surface area contributed by atoms with E-state index in [0.29, 0.717) is 18.3 Å². The Labute approximate surface area is 119 Å². The maximum absolute atomic E-state index is 11.7. The first-order chi connectivity index (χ1) is 9.54. The Morgan fingerprint density at radius 2 is 2.15 bits per heavy atom. The van der Waals surface area contributed by atoms with Crippen molar-refractivity contribution >= 4 is 0 Å². The molecule has 0 bridgehead atoms. The molecule has 0 aromatic carbocycles. The molecule has 1 fully saturated rings. The van der Waals surface area contributed by atoms with Crippen molar-refractivity contribution in [2.75, 3.05) is 13.2 Å². The maximum atomic E-state index is 11.7. The summed E-state index contributed by atoms with van der Waals surface area (Å²) in [5.41, 5.74) is 1.20. The number of aromatic nitrogens is 1. The lowest BCUT2D eigenvalue weighted by molar-refractivity contribution is 0.109. The zero-order valence-corrected chi connectivity index (χ0v) is 12.3. The van der Waals surface area contributed by atoms with E-state index < -0.39 is 0 Å². The van der Waals surface area contributed by atoms with Crippen LogP contribution in [0.4, 0.5) is 0 Å². The van der Waals surface area contributed by atoms with Crippen LogP contribution in [0, 0.1) is 6.92 Å². The van der Waals surface area contributed by atoms with E-state index in [1.165, 1.54) is 12.5 Å². The summed E-state index contributed by atoms with van der Waals surface area (Å²) in [6.07, 6.45) is 4.13. The number of hydrogen-bond acceptors (Lipinski definition) is 4. The summed E-state index contributed by atoms with van der Waals surface area (Å²) >= 11 is 0. The molecular formula is C15H24N2O3.